The van der Waals surface area contributed by atoms with Crippen LogP contribution in [0.15, 0.2) is 30.6 Å². The second-order valence-corrected chi connectivity index (χ2v) is 4.72. The highest BCUT2D eigenvalue weighted by molar-refractivity contribution is 5.71. The Morgan fingerprint density at radius 1 is 1.11 bits per heavy atom. The van der Waals surface area contributed by atoms with Crippen molar-refractivity contribution >= 4 is 11.0 Å². The summed E-state index contributed by atoms with van der Waals surface area (Å²) in [4.78, 5) is 0. The van der Waals surface area contributed by atoms with E-state index in [2.05, 4.69) is 46.7 Å². The van der Waals surface area contributed by atoms with Gasteiger partial charge in [-0.1, -0.05) is 18.6 Å². The van der Waals surface area contributed by atoms with Crippen molar-refractivity contribution in [1.29, 1.82) is 0 Å². The molecule has 19 heavy (non-hydrogen) atoms. The van der Waals surface area contributed by atoms with Crippen LogP contribution in [0.1, 0.15) is 32.6 Å². The fourth-order valence-electron chi connectivity index (χ4n) is 2.42. The predicted molar refractivity (Wildman–Crippen MR) is 73.4 cm³/mol. The molecule has 1 heterocycles. The molecule has 106 valence electrons. The molecule has 2 rings (SSSR count). The van der Waals surface area contributed by atoms with Crippen molar-refractivity contribution < 1.29 is 22.1 Å². The first-order valence-electron chi connectivity index (χ1n) is 6.95. The van der Waals surface area contributed by atoms with Gasteiger partial charge in [0.15, 0.2) is 11.0 Å². The number of aromatic nitrogens is 2. The zero-order valence-electron chi connectivity index (χ0n) is 11.6. The Balaban J connectivity index is 0.00000180. The Morgan fingerprint density at radius 2 is 1.84 bits per heavy atom. The molecule has 1 N–H and O–H groups in total. The number of rotatable bonds is 7. The molecule has 0 aliphatic rings. The molecule has 1 aromatic heterocycles. The molecule has 0 aliphatic carbocycles. The lowest BCUT2D eigenvalue weighted by Crippen LogP contribution is -3.00. The Hall–Kier alpha value is -1.06. The third kappa shape index (κ3) is 3.95. The third-order valence-electron chi connectivity index (χ3n) is 3.43. The molecule has 0 bridgehead atoms. The van der Waals surface area contributed by atoms with Crippen molar-refractivity contribution in [3.63, 3.8) is 0 Å². The topological polar surface area (TPSA) is 29.0 Å². The number of nitrogens with zero attached hydrogens (tertiary/aromatic N) is 2. The highest BCUT2D eigenvalue weighted by Crippen LogP contribution is 2.11. The number of halogens is 1. The maximum atomic E-state index is 8.75. The zero-order chi connectivity index (χ0) is 12.8. The summed E-state index contributed by atoms with van der Waals surface area (Å²) in [7, 11) is 0. The first-order valence-corrected chi connectivity index (χ1v) is 6.95. The lowest BCUT2D eigenvalue weighted by molar-refractivity contribution is -0.672. The Morgan fingerprint density at radius 3 is 2.58 bits per heavy atom. The van der Waals surface area contributed by atoms with Crippen LogP contribution in [0, 0.1) is 0 Å². The van der Waals surface area contributed by atoms with Gasteiger partial charge in [0.2, 0.25) is 6.33 Å². The predicted octanol–water partition coefficient (Wildman–Crippen LogP) is -0.495. The van der Waals surface area contributed by atoms with Gasteiger partial charge in [-0.15, -0.1) is 0 Å². The molecule has 2 aromatic rings. The minimum atomic E-state index is 0. The summed E-state index contributed by atoms with van der Waals surface area (Å²) in [6, 6.07) is 8.57. The standard InChI is InChI=1S/C15H23N2O.ClH/c1-2-16-13-17(11-7-3-4-8-12-18)15-10-6-5-9-14(15)16;/h5-6,9-10,13,18H,2-4,7-8,11-12H2,1H3;1H/q+1;/p-1. The molecule has 0 radical (unpaired) electrons. The average molecular weight is 283 g/mol. The van der Waals surface area contributed by atoms with Gasteiger partial charge >= 0.3 is 0 Å². The van der Waals surface area contributed by atoms with Crippen LogP contribution >= 0.6 is 0 Å². The highest BCUT2D eigenvalue weighted by Gasteiger charge is 2.12. The zero-order valence-corrected chi connectivity index (χ0v) is 12.3. The summed E-state index contributed by atoms with van der Waals surface area (Å²) in [5.41, 5.74) is 2.64. The van der Waals surface area contributed by atoms with Gasteiger partial charge in [-0.2, -0.15) is 0 Å². The van der Waals surface area contributed by atoms with Crippen molar-refractivity contribution in [3.05, 3.63) is 30.6 Å². The SMILES string of the molecule is CCn1c[n+](CCCCCCO)c2ccccc21.[Cl-]. The van der Waals surface area contributed by atoms with E-state index in [0.29, 0.717) is 6.61 Å². The maximum Gasteiger partial charge on any atom is 0.244 e. The number of aliphatic hydroxyl groups excluding tert-OH is 1. The molecular formula is C15H23ClN2O. The number of fused-ring (bicyclic) bond motifs is 1. The second-order valence-electron chi connectivity index (χ2n) is 4.72. The largest absolute Gasteiger partial charge is 1.00 e. The van der Waals surface area contributed by atoms with Gasteiger partial charge in [0.1, 0.15) is 0 Å². The number of hydrogen-bond donors (Lipinski definition) is 1. The molecule has 0 unspecified atom stereocenters. The molecular weight excluding hydrogens is 260 g/mol. The van der Waals surface area contributed by atoms with E-state index >= 15 is 0 Å². The van der Waals surface area contributed by atoms with Gasteiger partial charge in [-0.05, 0) is 38.3 Å². The van der Waals surface area contributed by atoms with Crippen molar-refractivity contribution in [2.24, 2.45) is 0 Å². The Kier molecular flexibility index (Phi) is 6.89. The summed E-state index contributed by atoms with van der Waals surface area (Å²) < 4.78 is 4.64. The fourth-order valence-corrected chi connectivity index (χ4v) is 2.42. The average Bonchev–Trinajstić information content (AvgIpc) is 2.77. The quantitative estimate of drug-likeness (QED) is 0.539. The summed E-state index contributed by atoms with van der Waals surface area (Å²) in [5.74, 6) is 0. The molecule has 0 saturated heterocycles. The molecule has 4 heteroatoms. The van der Waals surface area contributed by atoms with Crippen LogP contribution in [0.3, 0.4) is 0 Å². The van der Waals surface area contributed by atoms with E-state index in [-0.39, 0.29) is 12.4 Å². The number of unbranched alkanes of at least 4 members (excludes halogenated alkanes) is 3. The lowest BCUT2D eigenvalue weighted by atomic mass is 10.2. The van der Waals surface area contributed by atoms with E-state index in [1.54, 1.807) is 0 Å². The summed E-state index contributed by atoms with van der Waals surface area (Å²) in [5, 5.41) is 8.75. The van der Waals surface area contributed by atoms with Crippen LogP contribution in [0.5, 0.6) is 0 Å². The smallest absolute Gasteiger partial charge is 0.244 e. The number of imidazole rings is 1. The number of hydrogen-bond acceptors (Lipinski definition) is 1. The molecule has 0 aliphatic heterocycles. The number of benzene rings is 1. The highest BCUT2D eigenvalue weighted by atomic mass is 35.5. The summed E-state index contributed by atoms with van der Waals surface area (Å²) in [6.07, 6.45) is 6.66. The number of para-hydroxylation sites is 2. The first-order chi connectivity index (χ1) is 8.86. The summed E-state index contributed by atoms with van der Waals surface area (Å²) in [6.45, 7) is 4.58. The van der Waals surface area contributed by atoms with E-state index in [1.165, 1.54) is 23.9 Å². The van der Waals surface area contributed by atoms with Gasteiger partial charge in [-0.3, -0.25) is 0 Å². The van der Waals surface area contributed by atoms with Crippen LogP contribution in [0.2, 0.25) is 0 Å². The van der Waals surface area contributed by atoms with Gasteiger partial charge < -0.3 is 17.5 Å². The molecule has 1 aromatic carbocycles. The molecule has 0 fully saturated rings. The van der Waals surface area contributed by atoms with Gasteiger partial charge in [0, 0.05) is 6.61 Å². The second kappa shape index (κ2) is 8.18. The van der Waals surface area contributed by atoms with E-state index in [1.807, 2.05) is 0 Å². The Labute approximate surface area is 121 Å². The van der Waals surface area contributed by atoms with Gasteiger partial charge in [0.25, 0.3) is 0 Å². The van der Waals surface area contributed by atoms with Gasteiger partial charge in [-0.25, -0.2) is 9.13 Å². The number of aryl methyl sites for hydroxylation is 2. The summed E-state index contributed by atoms with van der Waals surface area (Å²) >= 11 is 0. The van der Waals surface area contributed by atoms with Crippen LogP contribution < -0.4 is 17.0 Å². The van der Waals surface area contributed by atoms with E-state index < -0.39 is 0 Å². The van der Waals surface area contributed by atoms with Crippen molar-refractivity contribution in [1.82, 2.24) is 4.57 Å². The van der Waals surface area contributed by atoms with Crippen LogP contribution in [-0.2, 0) is 13.1 Å². The van der Waals surface area contributed by atoms with Crippen molar-refractivity contribution in [3.8, 4) is 0 Å². The van der Waals surface area contributed by atoms with Crippen LogP contribution in [0.25, 0.3) is 11.0 Å². The molecule has 0 spiro atoms. The fraction of sp³-hybridized carbons (Fsp3) is 0.533. The van der Waals surface area contributed by atoms with Crippen molar-refractivity contribution in [2.75, 3.05) is 6.61 Å². The monoisotopic (exact) mass is 282 g/mol. The molecule has 0 atom stereocenters. The van der Waals surface area contributed by atoms with E-state index in [4.69, 9.17) is 5.11 Å². The third-order valence-corrected chi connectivity index (χ3v) is 3.43. The van der Waals surface area contributed by atoms with Gasteiger partial charge in [0.05, 0.1) is 13.1 Å². The minimum Gasteiger partial charge on any atom is -1.00 e. The minimum absolute atomic E-state index is 0. The molecule has 0 saturated carbocycles. The first kappa shape index (κ1) is 16.0. The normalized spacial score (nSPS) is 10.6. The van der Waals surface area contributed by atoms with Crippen LogP contribution in [-0.4, -0.2) is 16.3 Å². The number of aliphatic hydroxyl groups is 1. The Bertz CT molecular complexity index is 496. The lowest BCUT2D eigenvalue weighted by Gasteiger charge is -1.98. The van der Waals surface area contributed by atoms with E-state index in [9.17, 15) is 0 Å². The molecule has 3 nitrogen and oxygen atoms in total. The molecule has 0 amide bonds. The van der Waals surface area contributed by atoms with E-state index in [0.717, 1.165) is 25.9 Å². The van der Waals surface area contributed by atoms with Crippen molar-refractivity contribution in [2.45, 2.75) is 45.7 Å². The maximum absolute atomic E-state index is 8.75. The van der Waals surface area contributed by atoms with Crippen LogP contribution in [0.4, 0.5) is 0 Å².